The average Bonchev–Trinajstić information content (AvgIpc) is 2.74. The number of aromatic amines is 1. The van der Waals surface area contributed by atoms with Gasteiger partial charge in [0.15, 0.2) is 0 Å². The van der Waals surface area contributed by atoms with E-state index in [0.29, 0.717) is 12.0 Å². The molecule has 0 radical (unpaired) electrons. The predicted molar refractivity (Wildman–Crippen MR) is 69.3 cm³/mol. The number of nitrogens with one attached hydrogen (secondary N) is 1. The molecule has 106 valence electrons. The first-order chi connectivity index (χ1) is 9.06. The van der Waals surface area contributed by atoms with Crippen LogP contribution < -0.4 is 17.0 Å². The Labute approximate surface area is 114 Å². The van der Waals surface area contributed by atoms with Crippen molar-refractivity contribution in [3.63, 3.8) is 0 Å². The normalized spacial score (nSPS) is 26.8. The van der Waals surface area contributed by atoms with Crippen LogP contribution >= 0.6 is 11.6 Å². The molecule has 0 saturated carbocycles. The molecule has 1 unspecified atom stereocenters. The van der Waals surface area contributed by atoms with Gasteiger partial charge in [-0.05, 0) is 6.42 Å². The summed E-state index contributed by atoms with van der Waals surface area (Å²) in [6.45, 7) is 0.171. The topological polar surface area (TPSA) is 110 Å². The highest BCUT2D eigenvalue weighted by molar-refractivity contribution is 6.17. The molecular formula is C11H16ClN3O4. The second-order valence-corrected chi connectivity index (χ2v) is 4.81. The van der Waals surface area contributed by atoms with E-state index in [2.05, 4.69) is 4.98 Å². The van der Waals surface area contributed by atoms with Gasteiger partial charge in [-0.15, -0.1) is 11.6 Å². The first-order valence-electron chi connectivity index (χ1n) is 6.00. The number of ether oxygens (including phenoxy) is 1. The van der Waals surface area contributed by atoms with Gasteiger partial charge in [-0.2, -0.15) is 0 Å². The number of H-pyrrole nitrogens is 1. The Morgan fingerprint density at radius 3 is 2.89 bits per heavy atom. The van der Waals surface area contributed by atoms with Gasteiger partial charge in [0.2, 0.25) is 0 Å². The minimum Gasteiger partial charge on any atom is -0.390 e. The number of aryl methyl sites for hydroxylation is 1. The Morgan fingerprint density at radius 2 is 2.32 bits per heavy atom. The van der Waals surface area contributed by atoms with Crippen molar-refractivity contribution in [2.45, 2.75) is 31.3 Å². The SMILES string of the molecule is NC[C@@H]1O[C@H](n2cc(CCCl)c(=O)[nH]c2=O)CC1O. The highest BCUT2D eigenvalue weighted by atomic mass is 35.5. The molecule has 2 heterocycles. The number of nitrogens with two attached hydrogens (primary N) is 1. The number of alkyl halides is 1. The van der Waals surface area contributed by atoms with Crippen LogP contribution in [0.15, 0.2) is 15.8 Å². The van der Waals surface area contributed by atoms with Gasteiger partial charge in [0.1, 0.15) is 6.23 Å². The molecule has 7 nitrogen and oxygen atoms in total. The number of hydrogen-bond donors (Lipinski definition) is 3. The lowest BCUT2D eigenvalue weighted by Gasteiger charge is -2.15. The van der Waals surface area contributed by atoms with Crippen LogP contribution in [0.2, 0.25) is 0 Å². The zero-order valence-electron chi connectivity index (χ0n) is 10.2. The van der Waals surface area contributed by atoms with Crippen LogP contribution in [-0.2, 0) is 11.2 Å². The molecule has 0 spiro atoms. The van der Waals surface area contributed by atoms with Gasteiger partial charge in [0, 0.05) is 30.6 Å². The first kappa shape index (κ1) is 14.3. The minimum absolute atomic E-state index is 0.171. The first-order valence-corrected chi connectivity index (χ1v) is 6.54. The van der Waals surface area contributed by atoms with Crippen molar-refractivity contribution in [3.05, 3.63) is 32.6 Å². The summed E-state index contributed by atoms with van der Waals surface area (Å²) >= 11 is 5.60. The molecule has 19 heavy (non-hydrogen) atoms. The van der Waals surface area contributed by atoms with E-state index in [1.807, 2.05) is 0 Å². The van der Waals surface area contributed by atoms with Crippen LogP contribution in [0.5, 0.6) is 0 Å². The highest BCUT2D eigenvalue weighted by Gasteiger charge is 2.34. The van der Waals surface area contributed by atoms with Gasteiger partial charge >= 0.3 is 5.69 Å². The van der Waals surface area contributed by atoms with Crippen molar-refractivity contribution in [2.75, 3.05) is 12.4 Å². The number of halogens is 1. The van der Waals surface area contributed by atoms with Crippen LogP contribution in [-0.4, -0.2) is 39.3 Å². The quantitative estimate of drug-likeness (QED) is 0.611. The van der Waals surface area contributed by atoms with Crippen molar-refractivity contribution in [3.8, 4) is 0 Å². The lowest BCUT2D eigenvalue weighted by Crippen LogP contribution is -2.34. The maximum Gasteiger partial charge on any atom is 0.330 e. The van der Waals surface area contributed by atoms with Gasteiger partial charge < -0.3 is 15.6 Å². The Hall–Kier alpha value is -1.15. The lowest BCUT2D eigenvalue weighted by molar-refractivity contribution is -0.0152. The van der Waals surface area contributed by atoms with Crippen LogP contribution in [0.4, 0.5) is 0 Å². The van der Waals surface area contributed by atoms with E-state index in [4.69, 9.17) is 22.1 Å². The van der Waals surface area contributed by atoms with E-state index in [1.165, 1.54) is 10.8 Å². The van der Waals surface area contributed by atoms with Crippen LogP contribution in [0, 0.1) is 0 Å². The molecular weight excluding hydrogens is 274 g/mol. The number of rotatable bonds is 4. The number of hydrogen-bond acceptors (Lipinski definition) is 5. The van der Waals surface area contributed by atoms with Crippen molar-refractivity contribution in [1.29, 1.82) is 0 Å². The molecule has 4 N–H and O–H groups in total. The van der Waals surface area contributed by atoms with E-state index in [-0.39, 0.29) is 18.8 Å². The van der Waals surface area contributed by atoms with Crippen molar-refractivity contribution in [2.24, 2.45) is 5.73 Å². The van der Waals surface area contributed by atoms with Gasteiger partial charge in [0.05, 0.1) is 12.2 Å². The van der Waals surface area contributed by atoms with Crippen LogP contribution in [0.3, 0.4) is 0 Å². The van der Waals surface area contributed by atoms with E-state index in [0.717, 1.165) is 0 Å². The van der Waals surface area contributed by atoms with Gasteiger partial charge in [-0.25, -0.2) is 4.79 Å². The number of nitrogens with zero attached hydrogens (tertiary/aromatic N) is 1. The summed E-state index contributed by atoms with van der Waals surface area (Å²) in [6, 6.07) is 0. The van der Waals surface area contributed by atoms with Crippen molar-refractivity contribution in [1.82, 2.24) is 9.55 Å². The summed E-state index contributed by atoms with van der Waals surface area (Å²) in [5.74, 6) is 0.279. The third kappa shape index (κ3) is 2.89. The Bertz CT molecular complexity index is 556. The molecule has 2 rings (SSSR count). The summed E-state index contributed by atoms with van der Waals surface area (Å²) in [4.78, 5) is 25.5. The molecule has 8 heteroatoms. The maximum atomic E-state index is 11.8. The number of aliphatic hydroxyl groups excluding tert-OH is 1. The Balaban J connectivity index is 2.33. The molecule has 1 saturated heterocycles. The van der Waals surface area contributed by atoms with Crippen molar-refractivity contribution < 1.29 is 9.84 Å². The van der Waals surface area contributed by atoms with E-state index < -0.39 is 29.7 Å². The van der Waals surface area contributed by atoms with Gasteiger partial charge in [-0.1, -0.05) is 0 Å². The summed E-state index contributed by atoms with van der Waals surface area (Å²) in [7, 11) is 0. The molecule has 1 aromatic rings. The zero-order valence-corrected chi connectivity index (χ0v) is 11.0. The molecule has 1 aromatic heterocycles. The second-order valence-electron chi connectivity index (χ2n) is 4.43. The Morgan fingerprint density at radius 1 is 1.58 bits per heavy atom. The fourth-order valence-corrected chi connectivity index (χ4v) is 2.32. The summed E-state index contributed by atoms with van der Waals surface area (Å²) in [5, 5.41) is 9.73. The maximum absolute atomic E-state index is 11.8. The molecule has 1 fully saturated rings. The fraction of sp³-hybridized carbons (Fsp3) is 0.636. The van der Waals surface area contributed by atoms with E-state index in [9.17, 15) is 14.7 Å². The monoisotopic (exact) mass is 289 g/mol. The third-order valence-corrected chi connectivity index (χ3v) is 3.34. The van der Waals surface area contributed by atoms with Gasteiger partial charge in [-0.3, -0.25) is 14.3 Å². The smallest absolute Gasteiger partial charge is 0.330 e. The minimum atomic E-state index is -0.717. The molecule has 0 amide bonds. The molecule has 1 aliphatic heterocycles. The Kier molecular flexibility index (Phi) is 4.41. The summed E-state index contributed by atoms with van der Waals surface area (Å²) in [6.07, 6.45) is 0.202. The zero-order chi connectivity index (χ0) is 14.0. The molecule has 0 bridgehead atoms. The molecule has 0 aliphatic carbocycles. The van der Waals surface area contributed by atoms with Gasteiger partial charge in [0.25, 0.3) is 5.56 Å². The predicted octanol–water partition coefficient (Wildman–Crippen LogP) is -1.07. The molecule has 3 atom stereocenters. The number of aromatic nitrogens is 2. The highest BCUT2D eigenvalue weighted by Crippen LogP contribution is 2.26. The number of aliphatic hydroxyl groups is 1. The van der Waals surface area contributed by atoms with E-state index in [1.54, 1.807) is 0 Å². The largest absolute Gasteiger partial charge is 0.390 e. The van der Waals surface area contributed by atoms with E-state index >= 15 is 0 Å². The van der Waals surface area contributed by atoms with Crippen LogP contribution in [0.25, 0.3) is 0 Å². The fourth-order valence-electron chi connectivity index (χ4n) is 2.12. The summed E-state index contributed by atoms with van der Waals surface area (Å²) in [5.41, 5.74) is 4.84. The molecule has 0 aromatic carbocycles. The molecule has 1 aliphatic rings. The third-order valence-electron chi connectivity index (χ3n) is 3.15. The van der Waals surface area contributed by atoms with Crippen LogP contribution in [0.1, 0.15) is 18.2 Å². The second kappa shape index (κ2) is 5.87. The lowest BCUT2D eigenvalue weighted by atomic mass is 10.2. The summed E-state index contributed by atoms with van der Waals surface area (Å²) < 4.78 is 6.76. The van der Waals surface area contributed by atoms with Crippen molar-refractivity contribution >= 4 is 11.6 Å². The average molecular weight is 290 g/mol. The standard InChI is InChI=1S/C11H16ClN3O4/c12-2-1-6-5-15(11(18)14-10(6)17)9-3-7(16)8(4-13)19-9/h5,7-9,16H,1-4,13H2,(H,14,17,18)/t7?,8-,9-/m0/s1.